The van der Waals surface area contributed by atoms with E-state index in [4.69, 9.17) is 0 Å². The molecule has 1 aromatic carbocycles. The molecule has 5 nitrogen and oxygen atoms in total. The SMILES string of the molecule is O=S1(=O)CCC[C@H](c2ncnn2C2Cc3ccccc3C2)C1. The van der Waals surface area contributed by atoms with E-state index in [0.717, 1.165) is 31.5 Å². The number of aromatic nitrogens is 3. The van der Waals surface area contributed by atoms with Gasteiger partial charge in [-0.15, -0.1) is 0 Å². The molecule has 0 radical (unpaired) electrons. The molecule has 0 amide bonds. The van der Waals surface area contributed by atoms with Crippen LogP contribution in [0.4, 0.5) is 0 Å². The molecule has 1 atom stereocenters. The van der Waals surface area contributed by atoms with Gasteiger partial charge in [0.2, 0.25) is 0 Å². The second-order valence-corrected chi connectivity index (χ2v) is 8.58. The Hall–Kier alpha value is -1.69. The normalized spacial score (nSPS) is 24.3. The Morgan fingerprint density at radius 1 is 1.14 bits per heavy atom. The number of sulfone groups is 1. The summed E-state index contributed by atoms with van der Waals surface area (Å²) in [5.41, 5.74) is 2.73. The fourth-order valence-corrected chi connectivity index (χ4v) is 5.47. The smallest absolute Gasteiger partial charge is 0.151 e. The predicted molar refractivity (Wildman–Crippen MR) is 83.5 cm³/mol. The van der Waals surface area contributed by atoms with Crippen molar-refractivity contribution in [2.45, 2.75) is 37.6 Å². The van der Waals surface area contributed by atoms with Gasteiger partial charge in [0.15, 0.2) is 9.84 Å². The van der Waals surface area contributed by atoms with Crippen molar-refractivity contribution in [2.75, 3.05) is 11.5 Å². The average molecular weight is 317 g/mol. The Kier molecular flexibility index (Phi) is 3.29. The van der Waals surface area contributed by atoms with Gasteiger partial charge in [-0.2, -0.15) is 5.10 Å². The zero-order chi connectivity index (χ0) is 15.2. The summed E-state index contributed by atoms with van der Waals surface area (Å²) in [5.74, 6) is 1.36. The summed E-state index contributed by atoms with van der Waals surface area (Å²) in [4.78, 5) is 4.40. The molecule has 0 spiro atoms. The third-order valence-corrected chi connectivity index (χ3v) is 6.63. The lowest BCUT2D eigenvalue weighted by molar-refractivity contribution is 0.430. The first-order valence-electron chi connectivity index (χ1n) is 7.79. The summed E-state index contributed by atoms with van der Waals surface area (Å²) >= 11 is 0. The van der Waals surface area contributed by atoms with Crippen molar-refractivity contribution < 1.29 is 8.42 Å². The van der Waals surface area contributed by atoms with Crippen LogP contribution in [0.1, 0.15) is 41.8 Å². The predicted octanol–water partition coefficient (Wildman–Crippen LogP) is 1.91. The van der Waals surface area contributed by atoms with Gasteiger partial charge in [-0.3, -0.25) is 0 Å². The van der Waals surface area contributed by atoms with Gasteiger partial charge < -0.3 is 0 Å². The second-order valence-electron chi connectivity index (χ2n) is 6.35. The number of hydrogen-bond acceptors (Lipinski definition) is 4. The van der Waals surface area contributed by atoms with Crippen LogP contribution in [0.25, 0.3) is 0 Å². The van der Waals surface area contributed by atoms with Crippen molar-refractivity contribution in [2.24, 2.45) is 0 Å². The highest BCUT2D eigenvalue weighted by Gasteiger charge is 2.32. The maximum Gasteiger partial charge on any atom is 0.151 e. The third-order valence-electron chi connectivity index (χ3n) is 4.80. The molecule has 22 heavy (non-hydrogen) atoms. The molecular weight excluding hydrogens is 298 g/mol. The van der Waals surface area contributed by atoms with Crippen LogP contribution >= 0.6 is 0 Å². The van der Waals surface area contributed by atoms with E-state index in [9.17, 15) is 8.42 Å². The van der Waals surface area contributed by atoms with E-state index in [2.05, 4.69) is 34.3 Å². The molecule has 0 bridgehead atoms. The summed E-state index contributed by atoms with van der Waals surface area (Å²) in [7, 11) is -2.93. The zero-order valence-corrected chi connectivity index (χ0v) is 13.2. The van der Waals surface area contributed by atoms with Crippen LogP contribution in [-0.2, 0) is 22.7 Å². The standard InChI is InChI=1S/C16H19N3O2S/c20-22(21)7-3-6-14(10-22)16-17-11-18-19(16)15-8-12-4-1-2-5-13(12)9-15/h1-2,4-5,11,14-15H,3,6-10H2/t14-/m0/s1. The number of benzene rings is 1. The summed E-state index contributed by atoms with van der Waals surface area (Å²) in [6, 6.07) is 8.72. The first kappa shape index (κ1) is 13.9. The molecule has 2 aliphatic rings. The molecule has 2 aromatic rings. The fourth-order valence-electron chi connectivity index (χ4n) is 3.77. The van der Waals surface area contributed by atoms with Crippen molar-refractivity contribution in [1.29, 1.82) is 0 Å². The maximum absolute atomic E-state index is 11.9. The minimum atomic E-state index is -2.93. The monoisotopic (exact) mass is 317 g/mol. The van der Waals surface area contributed by atoms with E-state index in [-0.39, 0.29) is 17.7 Å². The van der Waals surface area contributed by atoms with Crippen molar-refractivity contribution in [3.05, 3.63) is 47.5 Å². The van der Waals surface area contributed by atoms with Gasteiger partial charge in [0, 0.05) is 5.92 Å². The highest BCUT2D eigenvalue weighted by molar-refractivity contribution is 7.91. The number of nitrogens with zero attached hydrogens (tertiary/aromatic N) is 3. The van der Waals surface area contributed by atoms with Gasteiger partial charge in [-0.25, -0.2) is 18.1 Å². The topological polar surface area (TPSA) is 64.8 Å². The lowest BCUT2D eigenvalue weighted by atomic mass is 10.0. The average Bonchev–Trinajstić information content (AvgIpc) is 3.12. The summed E-state index contributed by atoms with van der Waals surface area (Å²) < 4.78 is 25.8. The second kappa shape index (κ2) is 5.19. The molecule has 1 aliphatic carbocycles. The quantitative estimate of drug-likeness (QED) is 0.849. The van der Waals surface area contributed by atoms with E-state index in [0.29, 0.717) is 5.75 Å². The molecule has 4 rings (SSSR count). The summed E-state index contributed by atoms with van der Waals surface area (Å²) in [6.45, 7) is 0. The first-order chi connectivity index (χ1) is 10.6. The van der Waals surface area contributed by atoms with Gasteiger partial charge in [-0.05, 0) is 36.8 Å². The molecule has 1 aromatic heterocycles. The molecule has 1 aliphatic heterocycles. The highest BCUT2D eigenvalue weighted by Crippen LogP contribution is 2.33. The molecule has 116 valence electrons. The lowest BCUT2D eigenvalue weighted by Crippen LogP contribution is -2.27. The third kappa shape index (κ3) is 2.45. The zero-order valence-electron chi connectivity index (χ0n) is 12.4. The van der Waals surface area contributed by atoms with Crippen molar-refractivity contribution in [1.82, 2.24) is 14.8 Å². The molecule has 2 heterocycles. The Bertz CT molecular complexity index is 772. The molecule has 0 unspecified atom stereocenters. The van der Waals surface area contributed by atoms with Crippen LogP contribution in [-0.4, -0.2) is 34.7 Å². The van der Waals surface area contributed by atoms with Gasteiger partial charge in [-0.1, -0.05) is 24.3 Å². The number of rotatable bonds is 2. The largest absolute Gasteiger partial charge is 0.246 e. The van der Waals surface area contributed by atoms with Crippen LogP contribution in [0.15, 0.2) is 30.6 Å². The van der Waals surface area contributed by atoms with Gasteiger partial charge in [0.25, 0.3) is 0 Å². The molecule has 0 N–H and O–H groups in total. The Morgan fingerprint density at radius 2 is 1.86 bits per heavy atom. The lowest BCUT2D eigenvalue weighted by Gasteiger charge is -2.23. The van der Waals surface area contributed by atoms with Crippen LogP contribution in [0.2, 0.25) is 0 Å². The number of hydrogen-bond donors (Lipinski definition) is 0. The van der Waals surface area contributed by atoms with Crippen LogP contribution in [0.3, 0.4) is 0 Å². The van der Waals surface area contributed by atoms with Crippen molar-refractivity contribution in [3.63, 3.8) is 0 Å². The Labute approximate surface area is 130 Å². The molecule has 1 saturated heterocycles. The van der Waals surface area contributed by atoms with E-state index < -0.39 is 9.84 Å². The molecule has 6 heteroatoms. The maximum atomic E-state index is 11.9. The van der Waals surface area contributed by atoms with Crippen molar-refractivity contribution in [3.8, 4) is 0 Å². The van der Waals surface area contributed by atoms with Gasteiger partial charge >= 0.3 is 0 Å². The van der Waals surface area contributed by atoms with E-state index in [1.807, 2.05) is 4.68 Å². The Morgan fingerprint density at radius 3 is 2.55 bits per heavy atom. The number of fused-ring (bicyclic) bond motifs is 1. The highest BCUT2D eigenvalue weighted by atomic mass is 32.2. The summed E-state index contributed by atoms with van der Waals surface area (Å²) in [6.07, 6.45) is 5.08. The summed E-state index contributed by atoms with van der Waals surface area (Å²) in [5, 5.41) is 4.41. The van der Waals surface area contributed by atoms with Gasteiger partial charge in [0.1, 0.15) is 12.2 Å². The Balaban J connectivity index is 1.62. The van der Waals surface area contributed by atoms with Gasteiger partial charge in [0.05, 0.1) is 17.5 Å². The minimum absolute atomic E-state index is 0.00929. The van der Waals surface area contributed by atoms with E-state index in [1.165, 1.54) is 11.1 Å². The fraction of sp³-hybridized carbons (Fsp3) is 0.500. The molecular formula is C16H19N3O2S. The van der Waals surface area contributed by atoms with E-state index in [1.54, 1.807) is 6.33 Å². The first-order valence-corrected chi connectivity index (χ1v) is 9.61. The van der Waals surface area contributed by atoms with Crippen LogP contribution < -0.4 is 0 Å². The molecule has 1 fully saturated rings. The minimum Gasteiger partial charge on any atom is -0.246 e. The van der Waals surface area contributed by atoms with E-state index >= 15 is 0 Å². The van der Waals surface area contributed by atoms with Crippen LogP contribution in [0, 0.1) is 0 Å². The van der Waals surface area contributed by atoms with Crippen LogP contribution in [0.5, 0.6) is 0 Å². The van der Waals surface area contributed by atoms with Crippen molar-refractivity contribution >= 4 is 9.84 Å². The molecule has 0 saturated carbocycles.